The van der Waals surface area contributed by atoms with Gasteiger partial charge in [-0.2, -0.15) is 5.10 Å². The van der Waals surface area contributed by atoms with Crippen molar-refractivity contribution >= 4 is 34.3 Å². The van der Waals surface area contributed by atoms with Crippen molar-refractivity contribution in [3.8, 4) is 0 Å². The minimum absolute atomic E-state index is 0.216. The number of aryl methyl sites for hydroxylation is 2. The smallest absolute Gasteiger partial charge is 0.292 e. The number of carbonyl (C=O) groups is 1. The molecule has 7 heteroatoms. The van der Waals surface area contributed by atoms with Gasteiger partial charge in [0.15, 0.2) is 11.6 Å². The maximum Gasteiger partial charge on any atom is 0.292 e. The largest absolute Gasteiger partial charge is 0.451 e. The highest BCUT2D eigenvalue weighted by atomic mass is 35.5. The van der Waals surface area contributed by atoms with E-state index < -0.39 is 0 Å². The van der Waals surface area contributed by atoms with Gasteiger partial charge in [-0.25, -0.2) is 0 Å². The van der Waals surface area contributed by atoms with Crippen molar-refractivity contribution in [3.63, 3.8) is 0 Å². The van der Waals surface area contributed by atoms with E-state index in [2.05, 4.69) is 15.4 Å². The van der Waals surface area contributed by atoms with Crippen LogP contribution in [-0.4, -0.2) is 20.7 Å². The normalized spacial score (nSPS) is 11.0. The number of hydrogen-bond donors (Lipinski definition) is 1. The van der Waals surface area contributed by atoms with Crippen LogP contribution in [0.15, 0.2) is 65.5 Å². The second-order valence-corrected chi connectivity index (χ2v) is 6.25. The number of furan rings is 1. The van der Waals surface area contributed by atoms with Crippen LogP contribution in [0.4, 0.5) is 5.82 Å². The fourth-order valence-electron chi connectivity index (χ4n) is 2.65. The lowest BCUT2D eigenvalue weighted by Gasteiger charge is -2.02. The molecule has 3 heterocycles. The third kappa shape index (κ3) is 3.60. The van der Waals surface area contributed by atoms with E-state index in [1.807, 2.05) is 18.3 Å². The summed E-state index contributed by atoms with van der Waals surface area (Å²) in [6, 6.07) is 12.6. The molecule has 1 aromatic carbocycles. The molecule has 130 valence electrons. The summed E-state index contributed by atoms with van der Waals surface area (Å²) in [5.74, 6) is 0.341. The molecule has 0 fully saturated rings. The third-order valence-corrected chi connectivity index (χ3v) is 4.20. The van der Waals surface area contributed by atoms with Crippen LogP contribution >= 0.6 is 11.6 Å². The molecule has 0 spiro atoms. The maximum atomic E-state index is 12.4. The monoisotopic (exact) mass is 366 g/mol. The van der Waals surface area contributed by atoms with Crippen LogP contribution < -0.4 is 5.32 Å². The molecule has 0 saturated heterocycles. The maximum absolute atomic E-state index is 12.4. The number of rotatable bonds is 5. The van der Waals surface area contributed by atoms with E-state index in [4.69, 9.17) is 16.0 Å². The molecule has 26 heavy (non-hydrogen) atoms. The number of nitrogens with zero attached hydrogens (tertiary/aromatic N) is 3. The van der Waals surface area contributed by atoms with Crippen molar-refractivity contribution in [2.24, 2.45) is 0 Å². The first kappa shape index (κ1) is 16.4. The summed E-state index contributed by atoms with van der Waals surface area (Å²) in [6.07, 6.45) is 6.20. The first-order chi connectivity index (χ1) is 12.7. The van der Waals surface area contributed by atoms with Crippen molar-refractivity contribution in [2.75, 3.05) is 5.32 Å². The van der Waals surface area contributed by atoms with Gasteiger partial charge >= 0.3 is 0 Å². The number of benzene rings is 1. The number of hydrogen-bond acceptors (Lipinski definition) is 4. The summed E-state index contributed by atoms with van der Waals surface area (Å²) in [5.41, 5.74) is 1.80. The first-order valence-corrected chi connectivity index (χ1v) is 8.48. The zero-order valence-corrected chi connectivity index (χ0v) is 14.5. The van der Waals surface area contributed by atoms with Crippen LogP contribution in [0, 0.1) is 0 Å². The van der Waals surface area contributed by atoms with Crippen molar-refractivity contribution in [2.45, 2.75) is 13.0 Å². The van der Waals surface area contributed by atoms with Gasteiger partial charge in [0.25, 0.3) is 5.91 Å². The summed E-state index contributed by atoms with van der Waals surface area (Å²) in [6.45, 7) is 0.711. The lowest BCUT2D eigenvalue weighted by atomic mass is 10.2. The van der Waals surface area contributed by atoms with Crippen molar-refractivity contribution in [1.82, 2.24) is 14.8 Å². The molecule has 1 N–H and O–H groups in total. The minimum Gasteiger partial charge on any atom is -0.451 e. The van der Waals surface area contributed by atoms with Crippen LogP contribution in [0.3, 0.4) is 0 Å². The Labute approximate surface area is 154 Å². The molecular formula is C19H15ClN4O2. The molecule has 0 radical (unpaired) electrons. The van der Waals surface area contributed by atoms with Gasteiger partial charge in [-0.3, -0.25) is 14.5 Å². The summed E-state index contributed by atoms with van der Waals surface area (Å²) < 4.78 is 7.34. The zero-order chi connectivity index (χ0) is 17.9. The summed E-state index contributed by atoms with van der Waals surface area (Å²) in [4.78, 5) is 16.4. The van der Waals surface area contributed by atoms with E-state index in [1.165, 1.54) is 5.56 Å². The quantitative estimate of drug-likeness (QED) is 0.575. The molecule has 1 amide bonds. The molecule has 0 aliphatic rings. The van der Waals surface area contributed by atoms with Gasteiger partial charge in [0.05, 0.1) is 0 Å². The van der Waals surface area contributed by atoms with E-state index in [1.54, 1.807) is 47.4 Å². The van der Waals surface area contributed by atoms with E-state index in [9.17, 15) is 4.79 Å². The number of halogens is 1. The number of carbonyl (C=O) groups excluding carboxylic acids is 1. The SMILES string of the molecule is O=C(Nc1ccn(CCc2ccncc2)n1)c1cc2cc(Cl)ccc2o1. The Kier molecular flexibility index (Phi) is 4.41. The Balaban J connectivity index is 1.42. The molecule has 0 bridgehead atoms. The predicted molar refractivity (Wildman–Crippen MR) is 99.3 cm³/mol. The molecular weight excluding hydrogens is 352 g/mol. The van der Waals surface area contributed by atoms with Crippen LogP contribution in [0.5, 0.6) is 0 Å². The molecule has 0 aliphatic heterocycles. The Morgan fingerprint density at radius 2 is 2.00 bits per heavy atom. The molecule has 0 atom stereocenters. The van der Waals surface area contributed by atoms with Gasteiger partial charge in [-0.05, 0) is 48.4 Å². The van der Waals surface area contributed by atoms with Crippen LogP contribution in [0.25, 0.3) is 11.0 Å². The molecule has 0 aliphatic carbocycles. The zero-order valence-electron chi connectivity index (χ0n) is 13.7. The number of nitrogens with one attached hydrogen (secondary N) is 1. The van der Waals surface area contributed by atoms with E-state index in [-0.39, 0.29) is 11.7 Å². The number of amides is 1. The van der Waals surface area contributed by atoms with Gasteiger partial charge in [-0.15, -0.1) is 0 Å². The van der Waals surface area contributed by atoms with Gasteiger partial charge in [0, 0.05) is 41.6 Å². The van der Waals surface area contributed by atoms with Gasteiger partial charge < -0.3 is 9.73 Å². The van der Waals surface area contributed by atoms with Crippen LogP contribution in [0.1, 0.15) is 16.1 Å². The number of fused-ring (bicyclic) bond motifs is 1. The van der Waals surface area contributed by atoms with Gasteiger partial charge in [0.2, 0.25) is 0 Å². The molecule has 0 unspecified atom stereocenters. The fourth-order valence-corrected chi connectivity index (χ4v) is 2.83. The third-order valence-electron chi connectivity index (χ3n) is 3.96. The van der Waals surface area contributed by atoms with Crippen molar-refractivity contribution in [3.05, 3.63) is 77.4 Å². The summed E-state index contributed by atoms with van der Waals surface area (Å²) >= 11 is 5.96. The second kappa shape index (κ2) is 7.01. The molecule has 3 aromatic heterocycles. The molecule has 6 nitrogen and oxygen atoms in total. The number of anilines is 1. The molecule has 4 rings (SSSR count). The van der Waals surface area contributed by atoms with E-state index in [0.717, 1.165) is 11.8 Å². The van der Waals surface area contributed by atoms with Gasteiger partial charge in [-0.1, -0.05) is 11.6 Å². The second-order valence-electron chi connectivity index (χ2n) is 5.82. The minimum atomic E-state index is -0.350. The Hall–Kier alpha value is -3.12. The highest BCUT2D eigenvalue weighted by Crippen LogP contribution is 2.23. The van der Waals surface area contributed by atoms with E-state index in [0.29, 0.717) is 23.0 Å². The van der Waals surface area contributed by atoms with Crippen molar-refractivity contribution < 1.29 is 9.21 Å². The molecule has 0 saturated carbocycles. The lowest BCUT2D eigenvalue weighted by molar-refractivity contribution is 0.0998. The Bertz CT molecular complexity index is 1060. The van der Waals surface area contributed by atoms with Crippen LogP contribution in [-0.2, 0) is 13.0 Å². The number of pyridine rings is 1. The van der Waals surface area contributed by atoms with Crippen LogP contribution in [0.2, 0.25) is 5.02 Å². The predicted octanol–water partition coefficient (Wildman–Crippen LogP) is 4.17. The van der Waals surface area contributed by atoms with E-state index >= 15 is 0 Å². The lowest BCUT2D eigenvalue weighted by Crippen LogP contribution is -2.12. The average molecular weight is 367 g/mol. The summed E-state index contributed by atoms with van der Waals surface area (Å²) in [5, 5.41) is 8.49. The highest BCUT2D eigenvalue weighted by molar-refractivity contribution is 6.31. The Morgan fingerprint density at radius 1 is 1.15 bits per heavy atom. The Morgan fingerprint density at radius 3 is 2.85 bits per heavy atom. The topological polar surface area (TPSA) is 73.0 Å². The summed E-state index contributed by atoms with van der Waals surface area (Å²) in [7, 11) is 0. The standard InChI is InChI=1S/C19H15ClN4O2/c20-15-1-2-16-14(11-15)12-17(26-16)19(25)22-18-6-10-24(23-18)9-5-13-3-7-21-8-4-13/h1-4,6-8,10-12H,5,9H2,(H,22,23,25). The average Bonchev–Trinajstić information content (AvgIpc) is 3.27. The van der Waals surface area contributed by atoms with Gasteiger partial charge in [0.1, 0.15) is 5.58 Å². The fraction of sp³-hybridized carbons (Fsp3) is 0.105. The number of aromatic nitrogens is 3. The molecule has 4 aromatic rings. The highest BCUT2D eigenvalue weighted by Gasteiger charge is 2.14. The first-order valence-electron chi connectivity index (χ1n) is 8.10. The van der Waals surface area contributed by atoms with Crippen molar-refractivity contribution in [1.29, 1.82) is 0 Å².